The van der Waals surface area contributed by atoms with Crippen LogP contribution in [0, 0.1) is 11.6 Å². The topological polar surface area (TPSA) is 12.0 Å². The highest BCUT2D eigenvalue weighted by molar-refractivity contribution is 6.30. The van der Waals surface area contributed by atoms with E-state index in [-0.39, 0.29) is 17.7 Å². The fraction of sp³-hybridized carbons (Fsp3) is 0.294. The summed E-state index contributed by atoms with van der Waals surface area (Å²) in [5.41, 5.74) is 1.38. The minimum Gasteiger partial charge on any atom is -0.310 e. The van der Waals surface area contributed by atoms with Gasteiger partial charge in [-0.3, -0.25) is 0 Å². The van der Waals surface area contributed by atoms with E-state index in [2.05, 4.69) is 5.32 Å². The molecule has 0 spiro atoms. The van der Waals surface area contributed by atoms with Crippen molar-refractivity contribution in [3.8, 4) is 0 Å². The molecule has 0 fully saturated rings. The fourth-order valence-electron chi connectivity index (χ4n) is 2.29. The van der Waals surface area contributed by atoms with Crippen LogP contribution in [-0.2, 0) is 6.42 Å². The molecule has 0 amide bonds. The van der Waals surface area contributed by atoms with Crippen molar-refractivity contribution in [2.75, 3.05) is 6.54 Å². The maximum absolute atomic E-state index is 14.1. The molecule has 1 atom stereocenters. The van der Waals surface area contributed by atoms with E-state index in [4.69, 9.17) is 11.6 Å². The molecule has 1 unspecified atom stereocenters. The molecule has 1 N–H and O–H groups in total. The van der Waals surface area contributed by atoms with Crippen molar-refractivity contribution in [3.05, 3.63) is 70.2 Å². The van der Waals surface area contributed by atoms with Crippen molar-refractivity contribution in [2.45, 2.75) is 25.8 Å². The number of nitrogens with one attached hydrogen (secondary N) is 1. The Bertz CT molecular complexity index is 601. The summed E-state index contributed by atoms with van der Waals surface area (Å²) in [6.07, 6.45) is 1.46. The van der Waals surface area contributed by atoms with Crippen LogP contribution in [0.25, 0.3) is 0 Å². The highest BCUT2D eigenvalue weighted by Crippen LogP contribution is 2.24. The third-order valence-electron chi connectivity index (χ3n) is 3.31. The maximum atomic E-state index is 14.1. The largest absolute Gasteiger partial charge is 0.310 e. The third kappa shape index (κ3) is 4.51. The quantitative estimate of drug-likeness (QED) is 0.800. The van der Waals surface area contributed by atoms with Crippen molar-refractivity contribution in [2.24, 2.45) is 0 Å². The molecule has 0 aliphatic carbocycles. The van der Waals surface area contributed by atoms with Crippen LogP contribution in [0.5, 0.6) is 0 Å². The first kappa shape index (κ1) is 15.9. The van der Waals surface area contributed by atoms with Crippen LogP contribution in [0.3, 0.4) is 0 Å². The second-order valence-corrected chi connectivity index (χ2v) is 5.44. The lowest BCUT2D eigenvalue weighted by Crippen LogP contribution is -2.25. The molecule has 2 aromatic carbocycles. The minimum atomic E-state index is -0.340. The summed E-state index contributed by atoms with van der Waals surface area (Å²) in [6, 6.07) is 10.9. The molecule has 2 rings (SSSR count). The van der Waals surface area contributed by atoms with E-state index in [1.807, 2.05) is 13.0 Å². The van der Waals surface area contributed by atoms with Crippen LogP contribution in [-0.4, -0.2) is 6.54 Å². The summed E-state index contributed by atoms with van der Waals surface area (Å²) in [7, 11) is 0. The summed E-state index contributed by atoms with van der Waals surface area (Å²) in [5, 5.41) is 3.68. The van der Waals surface area contributed by atoms with E-state index in [0.29, 0.717) is 17.0 Å². The zero-order valence-corrected chi connectivity index (χ0v) is 12.6. The lowest BCUT2D eigenvalue weighted by atomic mass is 9.98. The van der Waals surface area contributed by atoms with E-state index in [1.54, 1.807) is 18.2 Å². The van der Waals surface area contributed by atoms with Crippen LogP contribution in [0.2, 0.25) is 5.02 Å². The molecule has 0 bridgehead atoms. The first-order valence-electron chi connectivity index (χ1n) is 7.03. The van der Waals surface area contributed by atoms with Crippen molar-refractivity contribution in [1.29, 1.82) is 0 Å². The van der Waals surface area contributed by atoms with Gasteiger partial charge in [-0.1, -0.05) is 36.7 Å². The Morgan fingerprint density at radius 3 is 2.62 bits per heavy atom. The molecule has 0 saturated carbocycles. The Balaban J connectivity index is 2.25. The monoisotopic (exact) mass is 309 g/mol. The molecule has 0 heterocycles. The number of hydrogen-bond donors (Lipinski definition) is 1. The normalized spacial score (nSPS) is 12.4. The fourth-order valence-corrected chi connectivity index (χ4v) is 2.45. The van der Waals surface area contributed by atoms with Crippen LogP contribution in [0.15, 0.2) is 42.5 Å². The van der Waals surface area contributed by atoms with Gasteiger partial charge in [-0.15, -0.1) is 0 Å². The van der Waals surface area contributed by atoms with E-state index >= 15 is 0 Å². The van der Waals surface area contributed by atoms with Gasteiger partial charge in [0, 0.05) is 16.6 Å². The molecule has 21 heavy (non-hydrogen) atoms. The van der Waals surface area contributed by atoms with Gasteiger partial charge in [0.25, 0.3) is 0 Å². The van der Waals surface area contributed by atoms with Crippen molar-refractivity contribution in [1.82, 2.24) is 5.32 Å². The number of benzene rings is 2. The van der Waals surface area contributed by atoms with Crippen LogP contribution in [0.4, 0.5) is 8.78 Å². The molecule has 0 radical (unpaired) electrons. The van der Waals surface area contributed by atoms with E-state index in [1.165, 1.54) is 18.2 Å². The van der Waals surface area contributed by atoms with Gasteiger partial charge in [0.1, 0.15) is 11.6 Å². The number of rotatable bonds is 6. The Hall–Kier alpha value is -1.45. The zero-order valence-electron chi connectivity index (χ0n) is 11.9. The lowest BCUT2D eigenvalue weighted by Gasteiger charge is -2.20. The van der Waals surface area contributed by atoms with Gasteiger partial charge < -0.3 is 5.32 Å². The molecule has 0 saturated heterocycles. The Kier molecular flexibility index (Phi) is 5.71. The van der Waals surface area contributed by atoms with Crippen LogP contribution < -0.4 is 5.32 Å². The SMILES string of the molecule is CCCNC(Cc1cccc(F)c1)c1ccc(Cl)cc1F. The van der Waals surface area contributed by atoms with Gasteiger partial charge >= 0.3 is 0 Å². The van der Waals surface area contributed by atoms with Gasteiger partial charge in [-0.05, 0) is 49.2 Å². The molecule has 1 nitrogen and oxygen atoms in total. The smallest absolute Gasteiger partial charge is 0.129 e. The second-order valence-electron chi connectivity index (χ2n) is 5.01. The standard InChI is InChI=1S/C17H18ClF2N/c1-2-8-21-17(10-12-4-3-5-14(19)9-12)15-7-6-13(18)11-16(15)20/h3-7,9,11,17,21H,2,8,10H2,1H3. The van der Waals surface area contributed by atoms with Gasteiger partial charge in [-0.25, -0.2) is 8.78 Å². The number of hydrogen-bond acceptors (Lipinski definition) is 1. The second kappa shape index (κ2) is 7.53. The van der Waals surface area contributed by atoms with Gasteiger partial charge in [-0.2, -0.15) is 0 Å². The van der Waals surface area contributed by atoms with Gasteiger partial charge in [0.2, 0.25) is 0 Å². The average molecular weight is 310 g/mol. The zero-order chi connectivity index (χ0) is 15.2. The lowest BCUT2D eigenvalue weighted by molar-refractivity contribution is 0.496. The Labute approximate surface area is 128 Å². The van der Waals surface area contributed by atoms with Crippen LogP contribution >= 0.6 is 11.6 Å². The van der Waals surface area contributed by atoms with Crippen molar-refractivity contribution < 1.29 is 8.78 Å². The summed E-state index contributed by atoms with van der Waals surface area (Å²) in [6.45, 7) is 2.81. The summed E-state index contributed by atoms with van der Waals surface area (Å²) in [5.74, 6) is -0.620. The van der Waals surface area contributed by atoms with Crippen LogP contribution in [0.1, 0.15) is 30.5 Å². The molecule has 4 heteroatoms. The highest BCUT2D eigenvalue weighted by atomic mass is 35.5. The van der Waals surface area contributed by atoms with Crippen molar-refractivity contribution >= 4 is 11.6 Å². The number of halogens is 3. The first-order valence-corrected chi connectivity index (χ1v) is 7.40. The van der Waals surface area contributed by atoms with E-state index in [0.717, 1.165) is 18.5 Å². The van der Waals surface area contributed by atoms with Gasteiger partial charge in [0.05, 0.1) is 0 Å². The minimum absolute atomic E-state index is 0.205. The summed E-state index contributed by atoms with van der Waals surface area (Å²) < 4.78 is 27.4. The highest BCUT2D eigenvalue weighted by Gasteiger charge is 2.16. The van der Waals surface area contributed by atoms with Gasteiger partial charge in [0.15, 0.2) is 0 Å². The molecular weight excluding hydrogens is 292 g/mol. The van der Waals surface area contributed by atoms with E-state index < -0.39 is 0 Å². The Morgan fingerprint density at radius 2 is 1.95 bits per heavy atom. The predicted molar refractivity (Wildman–Crippen MR) is 82.5 cm³/mol. The molecule has 112 valence electrons. The third-order valence-corrected chi connectivity index (χ3v) is 3.54. The maximum Gasteiger partial charge on any atom is 0.129 e. The molecule has 0 aromatic heterocycles. The van der Waals surface area contributed by atoms with E-state index in [9.17, 15) is 8.78 Å². The molecule has 2 aromatic rings. The molecule has 0 aliphatic rings. The molecular formula is C17H18ClF2N. The first-order chi connectivity index (χ1) is 10.1. The molecule has 0 aliphatic heterocycles. The van der Waals surface area contributed by atoms with Crippen molar-refractivity contribution in [3.63, 3.8) is 0 Å². The summed E-state index contributed by atoms with van der Waals surface area (Å²) in [4.78, 5) is 0. The Morgan fingerprint density at radius 1 is 1.14 bits per heavy atom. The average Bonchev–Trinajstić information content (AvgIpc) is 2.44. The predicted octanol–water partition coefficient (Wildman–Crippen LogP) is 4.90. The summed E-state index contributed by atoms with van der Waals surface area (Å²) >= 11 is 5.80.